The molecule has 0 saturated heterocycles. The Kier molecular flexibility index (Phi) is 4.96. The second-order valence-electron chi connectivity index (χ2n) is 5.56. The molecule has 108 valence electrons. The summed E-state index contributed by atoms with van der Waals surface area (Å²) in [6, 6.07) is 4.79. The molecule has 1 heterocycles. The van der Waals surface area contributed by atoms with Gasteiger partial charge in [0.05, 0.1) is 6.04 Å². The number of aromatic nitrogens is 2. The summed E-state index contributed by atoms with van der Waals surface area (Å²) >= 11 is 0. The smallest absolute Gasteiger partial charge is 0.123 e. The van der Waals surface area contributed by atoms with Crippen LogP contribution >= 0.6 is 0 Å². The van der Waals surface area contributed by atoms with Crippen LogP contribution in [0.2, 0.25) is 0 Å². The first-order valence-corrected chi connectivity index (χ1v) is 7.41. The minimum Gasteiger partial charge on any atom is -0.347 e. The van der Waals surface area contributed by atoms with Crippen molar-refractivity contribution in [2.75, 3.05) is 6.54 Å². The van der Waals surface area contributed by atoms with Gasteiger partial charge in [0.1, 0.15) is 5.82 Å². The summed E-state index contributed by atoms with van der Waals surface area (Å²) in [6.07, 6.45) is 5.82. The van der Waals surface area contributed by atoms with Crippen molar-refractivity contribution in [3.63, 3.8) is 0 Å². The number of aryl methyl sites for hydroxylation is 3. The Morgan fingerprint density at radius 1 is 1.20 bits per heavy atom. The van der Waals surface area contributed by atoms with Crippen LogP contribution in [0.1, 0.15) is 47.5 Å². The van der Waals surface area contributed by atoms with Crippen LogP contribution in [-0.2, 0) is 6.42 Å². The summed E-state index contributed by atoms with van der Waals surface area (Å²) in [4.78, 5) is 7.67. The third-order valence-electron chi connectivity index (χ3n) is 3.74. The van der Waals surface area contributed by atoms with E-state index in [-0.39, 0.29) is 6.04 Å². The van der Waals surface area contributed by atoms with E-state index in [1.807, 2.05) is 12.4 Å². The molecule has 0 saturated carbocycles. The zero-order valence-corrected chi connectivity index (χ0v) is 13.0. The van der Waals surface area contributed by atoms with Crippen LogP contribution in [0.15, 0.2) is 24.5 Å². The van der Waals surface area contributed by atoms with Gasteiger partial charge in [0.25, 0.3) is 0 Å². The van der Waals surface area contributed by atoms with Crippen molar-refractivity contribution in [2.24, 2.45) is 0 Å². The molecule has 0 amide bonds. The van der Waals surface area contributed by atoms with Gasteiger partial charge in [0.15, 0.2) is 0 Å². The van der Waals surface area contributed by atoms with Crippen LogP contribution in [0.5, 0.6) is 0 Å². The molecule has 1 atom stereocenters. The molecule has 2 aromatic rings. The largest absolute Gasteiger partial charge is 0.347 e. The van der Waals surface area contributed by atoms with Gasteiger partial charge >= 0.3 is 0 Å². The molecule has 0 aliphatic rings. The second-order valence-corrected chi connectivity index (χ2v) is 5.56. The van der Waals surface area contributed by atoms with E-state index in [0.717, 1.165) is 25.2 Å². The van der Waals surface area contributed by atoms with E-state index in [9.17, 15) is 0 Å². The molecule has 20 heavy (non-hydrogen) atoms. The maximum Gasteiger partial charge on any atom is 0.123 e. The van der Waals surface area contributed by atoms with E-state index >= 15 is 0 Å². The summed E-state index contributed by atoms with van der Waals surface area (Å²) < 4.78 is 0. The van der Waals surface area contributed by atoms with Crippen molar-refractivity contribution >= 4 is 0 Å². The minimum absolute atomic E-state index is 0.255. The maximum atomic E-state index is 4.42. The van der Waals surface area contributed by atoms with Crippen molar-refractivity contribution < 1.29 is 0 Å². The average Bonchev–Trinajstić information content (AvgIpc) is 2.91. The van der Waals surface area contributed by atoms with Crippen LogP contribution in [0.3, 0.4) is 0 Å². The van der Waals surface area contributed by atoms with E-state index in [2.05, 4.69) is 55.1 Å². The lowest BCUT2D eigenvalue weighted by Crippen LogP contribution is -2.25. The molecule has 0 radical (unpaired) electrons. The van der Waals surface area contributed by atoms with Gasteiger partial charge in [0.2, 0.25) is 0 Å². The Morgan fingerprint density at radius 2 is 1.90 bits per heavy atom. The van der Waals surface area contributed by atoms with Crippen LogP contribution in [0, 0.1) is 20.8 Å². The summed E-state index contributed by atoms with van der Waals surface area (Å²) in [7, 11) is 0. The van der Waals surface area contributed by atoms with Gasteiger partial charge in [0, 0.05) is 12.4 Å². The van der Waals surface area contributed by atoms with E-state index in [1.54, 1.807) is 0 Å². The van der Waals surface area contributed by atoms with Gasteiger partial charge in [-0.2, -0.15) is 0 Å². The Balaban J connectivity index is 2.24. The highest BCUT2D eigenvalue weighted by Gasteiger charge is 2.16. The molecule has 0 aliphatic heterocycles. The molecule has 0 aliphatic carbocycles. The number of hydrogen-bond donors (Lipinski definition) is 2. The summed E-state index contributed by atoms with van der Waals surface area (Å²) in [5, 5.41) is 3.60. The quantitative estimate of drug-likeness (QED) is 0.842. The van der Waals surface area contributed by atoms with Crippen molar-refractivity contribution in [3.8, 4) is 0 Å². The van der Waals surface area contributed by atoms with Crippen LogP contribution in [-0.4, -0.2) is 16.5 Å². The normalized spacial score (nSPS) is 12.6. The van der Waals surface area contributed by atoms with E-state index in [0.29, 0.717) is 0 Å². The van der Waals surface area contributed by atoms with Gasteiger partial charge in [-0.25, -0.2) is 4.98 Å². The molecule has 3 heteroatoms. The third-order valence-corrected chi connectivity index (χ3v) is 3.74. The predicted octanol–water partition coefficient (Wildman–Crippen LogP) is 3.62. The zero-order valence-electron chi connectivity index (χ0n) is 13.0. The maximum absolute atomic E-state index is 4.42. The predicted molar refractivity (Wildman–Crippen MR) is 84.0 cm³/mol. The third kappa shape index (κ3) is 3.48. The minimum atomic E-state index is 0.255. The zero-order chi connectivity index (χ0) is 14.5. The number of rotatable bonds is 6. The highest BCUT2D eigenvalue weighted by Crippen LogP contribution is 2.22. The molecule has 2 N–H and O–H groups in total. The summed E-state index contributed by atoms with van der Waals surface area (Å²) in [5.41, 5.74) is 5.51. The highest BCUT2D eigenvalue weighted by molar-refractivity contribution is 5.38. The average molecular weight is 271 g/mol. The molecule has 0 spiro atoms. The summed E-state index contributed by atoms with van der Waals surface area (Å²) in [5.74, 6) is 1.03. The van der Waals surface area contributed by atoms with Crippen molar-refractivity contribution in [2.45, 2.75) is 46.6 Å². The van der Waals surface area contributed by atoms with Gasteiger partial charge < -0.3 is 10.3 Å². The van der Waals surface area contributed by atoms with E-state index in [4.69, 9.17) is 0 Å². The number of nitrogens with one attached hydrogen (secondary N) is 2. The molecular formula is C17H25N3. The van der Waals surface area contributed by atoms with Crippen LogP contribution in [0.25, 0.3) is 0 Å². The number of aromatic amines is 1. The number of imidazole rings is 1. The lowest BCUT2D eigenvalue weighted by atomic mass is 9.94. The van der Waals surface area contributed by atoms with Crippen molar-refractivity contribution in [1.82, 2.24) is 15.3 Å². The lowest BCUT2D eigenvalue weighted by Gasteiger charge is -2.19. The molecule has 2 rings (SSSR count). The Labute approximate surface area is 121 Å². The fourth-order valence-corrected chi connectivity index (χ4v) is 2.79. The topological polar surface area (TPSA) is 40.7 Å². The van der Waals surface area contributed by atoms with Crippen LogP contribution in [0.4, 0.5) is 0 Å². The Morgan fingerprint density at radius 3 is 2.45 bits per heavy atom. The first kappa shape index (κ1) is 14.8. The monoisotopic (exact) mass is 271 g/mol. The molecule has 1 aromatic carbocycles. The molecular weight excluding hydrogens is 246 g/mol. The van der Waals surface area contributed by atoms with Gasteiger partial charge in [-0.15, -0.1) is 0 Å². The molecule has 1 unspecified atom stereocenters. The first-order valence-electron chi connectivity index (χ1n) is 7.41. The van der Waals surface area contributed by atoms with Crippen LogP contribution < -0.4 is 5.32 Å². The molecule has 1 aromatic heterocycles. The fourth-order valence-electron chi connectivity index (χ4n) is 2.79. The van der Waals surface area contributed by atoms with Crippen molar-refractivity contribution in [3.05, 3.63) is 52.6 Å². The van der Waals surface area contributed by atoms with Crippen molar-refractivity contribution in [1.29, 1.82) is 0 Å². The van der Waals surface area contributed by atoms with Gasteiger partial charge in [-0.3, -0.25) is 0 Å². The number of hydrogen-bond acceptors (Lipinski definition) is 2. The SMILES string of the molecule is CCCNC(Cc1c(C)cc(C)cc1C)c1ncc[nH]1. The lowest BCUT2D eigenvalue weighted by molar-refractivity contribution is 0.507. The van der Waals surface area contributed by atoms with Gasteiger partial charge in [-0.05, 0) is 56.8 Å². The molecule has 3 nitrogen and oxygen atoms in total. The number of nitrogens with zero attached hydrogens (tertiary/aromatic N) is 1. The summed E-state index contributed by atoms with van der Waals surface area (Å²) in [6.45, 7) is 9.76. The fraction of sp³-hybridized carbons (Fsp3) is 0.471. The second kappa shape index (κ2) is 6.71. The Hall–Kier alpha value is -1.61. The van der Waals surface area contributed by atoms with Gasteiger partial charge in [-0.1, -0.05) is 24.6 Å². The molecule has 0 fully saturated rings. The first-order chi connectivity index (χ1) is 9.61. The van der Waals surface area contributed by atoms with E-state index < -0.39 is 0 Å². The number of benzene rings is 1. The highest BCUT2D eigenvalue weighted by atomic mass is 15.0. The number of H-pyrrole nitrogens is 1. The van der Waals surface area contributed by atoms with E-state index in [1.165, 1.54) is 22.3 Å². The Bertz CT molecular complexity index is 520. The standard InChI is InChI=1S/C17H25N3/c1-5-6-18-16(17-19-7-8-20-17)11-15-13(3)9-12(2)10-14(15)4/h7-10,16,18H,5-6,11H2,1-4H3,(H,19,20). The molecule has 0 bridgehead atoms.